The van der Waals surface area contributed by atoms with Gasteiger partial charge in [0.15, 0.2) is 0 Å². The summed E-state index contributed by atoms with van der Waals surface area (Å²) >= 11 is 0. The molecule has 10 aromatic rings. The molecule has 0 aliphatic rings. The van der Waals surface area contributed by atoms with Crippen molar-refractivity contribution < 1.29 is 0 Å². The predicted octanol–water partition coefficient (Wildman–Crippen LogP) is 10.7. The second-order valence-electron chi connectivity index (χ2n) is 11.6. The molecule has 3 heteroatoms. The van der Waals surface area contributed by atoms with Crippen molar-refractivity contribution in [1.29, 1.82) is 0 Å². The van der Waals surface area contributed by atoms with Crippen LogP contribution in [0.15, 0.2) is 152 Å². The molecule has 0 aliphatic carbocycles. The lowest BCUT2D eigenvalue weighted by Gasteiger charge is -2.14. The molecule has 0 fully saturated rings. The van der Waals surface area contributed by atoms with Crippen molar-refractivity contribution in [2.75, 3.05) is 0 Å². The van der Waals surface area contributed by atoms with Crippen LogP contribution in [0, 0.1) is 0 Å². The van der Waals surface area contributed by atoms with Gasteiger partial charge in [-0.3, -0.25) is 4.40 Å². The largest absolute Gasteiger partial charge is 0.309 e. The van der Waals surface area contributed by atoms with E-state index in [0.29, 0.717) is 0 Å². The molecular weight excluding hydrogens is 534 g/mol. The third kappa shape index (κ3) is 3.18. The smallest absolute Gasteiger partial charge is 0.146 e. The lowest BCUT2D eigenvalue weighted by atomic mass is 9.96. The fraction of sp³-hybridized carbons (Fsp3) is 0. The summed E-state index contributed by atoms with van der Waals surface area (Å²) < 4.78 is 4.71. The summed E-state index contributed by atoms with van der Waals surface area (Å²) in [5.41, 5.74) is 10.3. The molecular formula is C41H25N3. The summed E-state index contributed by atoms with van der Waals surface area (Å²) in [4.78, 5) is 5.15. The standard InChI is InChI=1S/C41H25N3/c1-2-10-30-27(9-1)19-24-34-40(30)33-23-20-28(25-39(33)44-38-16-8-5-13-35(38)42-41(34)44)26-17-21-29(22-18-26)43-36-14-6-3-11-31(36)32-12-4-7-15-37(32)43/h1-25H. The highest BCUT2D eigenvalue weighted by atomic mass is 15.0. The molecule has 0 saturated heterocycles. The number of nitrogens with zero attached hydrogens (tertiary/aromatic N) is 3. The topological polar surface area (TPSA) is 22.2 Å². The van der Waals surface area contributed by atoms with Gasteiger partial charge in [0.25, 0.3) is 0 Å². The van der Waals surface area contributed by atoms with Crippen molar-refractivity contribution in [1.82, 2.24) is 14.0 Å². The van der Waals surface area contributed by atoms with E-state index in [2.05, 4.69) is 161 Å². The molecule has 0 spiro atoms. The zero-order valence-corrected chi connectivity index (χ0v) is 23.8. The van der Waals surface area contributed by atoms with Crippen LogP contribution in [0.1, 0.15) is 0 Å². The van der Waals surface area contributed by atoms with Crippen LogP contribution in [0.3, 0.4) is 0 Å². The van der Waals surface area contributed by atoms with Crippen molar-refractivity contribution >= 4 is 70.9 Å². The van der Waals surface area contributed by atoms with E-state index in [4.69, 9.17) is 4.98 Å². The Labute approximate surface area is 252 Å². The van der Waals surface area contributed by atoms with E-state index in [1.807, 2.05) is 0 Å². The van der Waals surface area contributed by atoms with Gasteiger partial charge in [-0.2, -0.15) is 0 Å². The number of para-hydroxylation sites is 4. The van der Waals surface area contributed by atoms with Crippen LogP contribution >= 0.6 is 0 Å². The molecule has 44 heavy (non-hydrogen) atoms. The lowest BCUT2D eigenvalue weighted by molar-refractivity contribution is 1.18. The molecule has 0 saturated carbocycles. The van der Waals surface area contributed by atoms with Gasteiger partial charge in [-0.25, -0.2) is 4.98 Å². The highest BCUT2D eigenvalue weighted by Gasteiger charge is 2.17. The maximum atomic E-state index is 5.15. The zero-order chi connectivity index (χ0) is 28.8. The number of pyridine rings is 1. The SMILES string of the molecule is c1ccc2c(c1)ccc1c2c2ccc(-c3ccc(-n4c5ccccc5c5ccccc54)cc3)cc2n2c3ccccc3nc12. The second-order valence-corrected chi connectivity index (χ2v) is 11.6. The Morgan fingerprint density at radius 3 is 1.80 bits per heavy atom. The normalized spacial score (nSPS) is 12.1. The highest BCUT2D eigenvalue weighted by Crippen LogP contribution is 2.39. The van der Waals surface area contributed by atoms with Gasteiger partial charge in [0.1, 0.15) is 5.65 Å². The van der Waals surface area contributed by atoms with E-state index in [-0.39, 0.29) is 0 Å². The Morgan fingerprint density at radius 1 is 0.409 bits per heavy atom. The van der Waals surface area contributed by atoms with Crippen molar-refractivity contribution in [2.24, 2.45) is 0 Å². The summed E-state index contributed by atoms with van der Waals surface area (Å²) in [6, 6.07) is 54.8. The maximum Gasteiger partial charge on any atom is 0.146 e. The molecule has 3 nitrogen and oxygen atoms in total. The van der Waals surface area contributed by atoms with E-state index in [9.17, 15) is 0 Å². The van der Waals surface area contributed by atoms with Gasteiger partial charge >= 0.3 is 0 Å². The van der Waals surface area contributed by atoms with E-state index >= 15 is 0 Å². The number of hydrogen-bond donors (Lipinski definition) is 0. The Bertz CT molecular complexity index is 2710. The third-order valence-corrected chi connectivity index (χ3v) is 9.28. The first-order valence-electron chi connectivity index (χ1n) is 15.1. The first kappa shape index (κ1) is 23.6. The predicted molar refractivity (Wildman–Crippen MR) is 185 cm³/mol. The van der Waals surface area contributed by atoms with Crippen molar-refractivity contribution in [3.63, 3.8) is 0 Å². The van der Waals surface area contributed by atoms with Gasteiger partial charge in [0.05, 0.1) is 27.6 Å². The molecule has 7 aromatic carbocycles. The molecule has 0 amide bonds. The molecule has 3 heterocycles. The summed E-state index contributed by atoms with van der Waals surface area (Å²) in [5.74, 6) is 0. The molecule has 0 unspecified atom stereocenters. The van der Waals surface area contributed by atoms with Gasteiger partial charge in [0, 0.05) is 32.6 Å². The van der Waals surface area contributed by atoms with Gasteiger partial charge in [0.2, 0.25) is 0 Å². The Morgan fingerprint density at radius 2 is 1.02 bits per heavy atom. The minimum Gasteiger partial charge on any atom is -0.309 e. The fourth-order valence-electron chi connectivity index (χ4n) is 7.31. The number of fused-ring (bicyclic) bond motifs is 13. The molecule has 204 valence electrons. The number of rotatable bonds is 2. The molecule has 0 radical (unpaired) electrons. The van der Waals surface area contributed by atoms with Crippen LogP contribution < -0.4 is 0 Å². The summed E-state index contributed by atoms with van der Waals surface area (Å²) in [6.45, 7) is 0. The first-order valence-corrected chi connectivity index (χ1v) is 15.1. The summed E-state index contributed by atoms with van der Waals surface area (Å²) in [5, 5.41) is 8.72. The van der Waals surface area contributed by atoms with Gasteiger partial charge in [-0.05, 0) is 70.4 Å². The number of imidazole rings is 1. The molecule has 0 aliphatic heterocycles. The Balaban J connectivity index is 1.22. The Hall–Kier alpha value is -5.93. The van der Waals surface area contributed by atoms with E-state index in [1.54, 1.807) is 0 Å². The average molecular weight is 560 g/mol. The third-order valence-electron chi connectivity index (χ3n) is 9.28. The van der Waals surface area contributed by atoms with E-state index in [1.165, 1.54) is 65.4 Å². The van der Waals surface area contributed by atoms with Crippen LogP contribution in [0.4, 0.5) is 0 Å². The van der Waals surface area contributed by atoms with Gasteiger partial charge in [-0.15, -0.1) is 0 Å². The first-order chi connectivity index (χ1) is 21.8. The quantitative estimate of drug-likeness (QED) is 0.193. The monoisotopic (exact) mass is 559 g/mol. The van der Waals surface area contributed by atoms with Crippen LogP contribution in [0.5, 0.6) is 0 Å². The average Bonchev–Trinajstić information content (AvgIpc) is 3.65. The molecule has 3 aromatic heterocycles. The van der Waals surface area contributed by atoms with Gasteiger partial charge < -0.3 is 4.57 Å². The van der Waals surface area contributed by atoms with Crippen molar-refractivity contribution in [2.45, 2.75) is 0 Å². The summed E-state index contributed by atoms with van der Waals surface area (Å²) in [7, 11) is 0. The maximum absolute atomic E-state index is 5.15. The number of hydrogen-bond acceptors (Lipinski definition) is 1. The highest BCUT2D eigenvalue weighted by molar-refractivity contribution is 6.24. The van der Waals surface area contributed by atoms with Crippen LogP contribution in [0.2, 0.25) is 0 Å². The van der Waals surface area contributed by atoms with Crippen molar-refractivity contribution in [3.8, 4) is 16.8 Å². The van der Waals surface area contributed by atoms with E-state index in [0.717, 1.165) is 22.4 Å². The molecule has 0 N–H and O–H groups in total. The zero-order valence-electron chi connectivity index (χ0n) is 23.8. The number of aromatic nitrogens is 3. The molecule has 0 atom stereocenters. The van der Waals surface area contributed by atoms with Crippen LogP contribution in [0.25, 0.3) is 87.7 Å². The Kier molecular flexibility index (Phi) is 4.72. The minimum atomic E-state index is 0.998. The molecule has 0 bridgehead atoms. The second kappa shape index (κ2) is 8.79. The van der Waals surface area contributed by atoms with Crippen LogP contribution in [-0.4, -0.2) is 14.0 Å². The lowest BCUT2D eigenvalue weighted by Crippen LogP contribution is -1.94. The van der Waals surface area contributed by atoms with E-state index < -0.39 is 0 Å². The molecule has 10 rings (SSSR count). The van der Waals surface area contributed by atoms with Gasteiger partial charge in [-0.1, -0.05) is 103 Å². The van der Waals surface area contributed by atoms with Crippen LogP contribution in [-0.2, 0) is 0 Å². The fourth-order valence-corrected chi connectivity index (χ4v) is 7.31. The summed E-state index contributed by atoms with van der Waals surface area (Å²) in [6.07, 6.45) is 0. The minimum absolute atomic E-state index is 0.998. The van der Waals surface area contributed by atoms with Crippen molar-refractivity contribution in [3.05, 3.63) is 152 Å². The number of benzene rings is 7.